The second-order valence-electron chi connectivity index (χ2n) is 3.05. The van der Waals surface area contributed by atoms with Crippen LogP contribution in [0.1, 0.15) is 22.2 Å². The average molecular weight is 209 g/mol. The van der Waals surface area contributed by atoms with Crippen LogP contribution < -0.4 is 0 Å². The van der Waals surface area contributed by atoms with Crippen molar-refractivity contribution in [2.45, 2.75) is 12.8 Å². The highest BCUT2D eigenvalue weighted by Gasteiger charge is 2.19. The van der Waals surface area contributed by atoms with Gasteiger partial charge in [0.1, 0.15) is 5.76 Å². The minimum Gasteiger partial charge on any atom is -0.469 e. The van der Waals surface area contributed by atoms with E-state index in [1.165, 1.54) is 0 Å². The minimum atomic E-state index is -0.0718. The molecule has 0 bridgehead atoms. The fourth-order valence-corrected chi connectivity index (χ4v) is 2.34. The van der Waals surface area contributed by atoms with Crippen molar-refractivity contribution in [3.63, 3.8) is 0 Å². The van der Waals surface area contributed by atoms with Gasteiger partial charge in [-0.15, -0.1) is 11.3 Å². The van der Waals surface area contributed by atoms with Crippen molar-refractivity contribution in [3.05, 3.63) is 40.2 Å². The van der Waals surface area contributed by atoms with Gasteiger partial charge in [-0.05, 0) is 19.1 Å². The smallest absolute Gasteiger partial charge is 0.114 e. The van der Waals surface area contributed by atoms with Gasteiger partial charge in [0.2, 0.25) is 0 Å². The van der Waals surface area contributed by atoms with Crippen LogP contribution in [0.2, 0.25) is 0 Å². The van der Waals surface area contributed by atoms with Crippen LogP contribution >= 0.6 is 11.3 Å². The summed E-state index contributed by atoms with van der Waals surface area (Å²) in [5, 5.41) is 9.31. The molecule has 0 aliphatic rings. The van der Waals surface area contributed by atoms with E-state index in [0.29, 0.717) is 0 Å². The van der Waals surface area contributed by atoms with Gasteiger partial charge in [-0.25, -0.2) is 4.98 Å². The molecular weight excluding hydrogens is 198 g/mol. The molecule has 1 unspecified atom stereocenters. The van der Waals surface area contributed by atoms with Gasteiger partial charge in [0.05, 0.1) is 30.0 Å². The number of rotatable bonds is 3. The van der Waals surface area contributed by atoms with E-state index in [9.17, 15) is 5.11 Å². The lowest BCUT2D eigenvalue weighted by molar-refractivity contribution is 0.267. The molecule has 2 aromatic heterocycles. The van der Waals surface area contributed by atoms with Crippen molar-refractivity contribution in [2.75, 3.05) is 6.61 Å². The summed E-state index contributed by atoms with van der Waals surface area (Å²) in [5.41, 5.74) is 2.75. The lowest BCUT2D eigenvalue weighted by Gasteiger charge is -2.09. The van der Waals surface area contributed by atoms with E-state index in [-0.39, 0.29) is 12.5 Å². The second kappa shape index (κ2) is 3.94. The number of furan rings is 1. The summed E-state index contributed by atoms with van der Waals surface area (Å²) >= 11 is 1.55. The first-order valence-corrected chi connectivity index (χ1v) is 5.25. The van der Waals surface area contributed by atoms with Crippen LogP contribution in [0.3, 0.4) is 0 Å². The van der Waals surface area contributed by atoms with E-state index in [2.05, 4.69) is 4.98 Å². The Morgan fingerprint density at radius 2 is 2.50 bits per heavy atom. The maximum absolute atomic E-state index is 9.31. The Morgan fingerprint density at radius 3 is 3.00 bits per heavy atom. The standard InChI is InChI=1S/C10H11NO2S/c1-7-10(14-6-11-7)8(5-12)9-3-2-4-13-9/h2-4,6,8,12H,5H2,1H3. The minimum absolute atomic E-state index is 0.0521. The molecule has 74 valence electrons. The fourth-order valence-electron chi connectivity index (χ4n) is 1.44. The quantitative estimate of drug-likeness (QED) is 0.842. The third-order valence-corrected chi connectivity index (χ3v) is 3.21. The van der Waals surface area contributed by atoms with Gasteiger partial charge in [0, 0.05) is 4.88 Å². The number of aliphatic hydroxyl groups is 1. The third-order valence-electron chi connectivity index (χ3n) is 2.17. The van der Waals surface area contributed by atoms with Crippen molar-refractivity contribution >= 4 is 11.3 Å². The molecule has 1 atom stereocenters. The molecule has 0 aliphatic heterocycles. The van der Waals surface area contributed by atoms with Gasteiger partial charge in [-0.3, -0.25) is 0 Å². The Bertz CT molecular complexity index is 394. The third kappa shape index (κ3) is 1.58. The molecule has 2 heterocycles. The molecular formula is C10H11NO2S. The maximum Gasteiger partial charge on any atom is 0.114 e. The van der Waals surface area contributed by atoms with Crippen LogP contribution in [0.5, 0.6) is 0 Å². The van der Waals surface area contributed by atoms with Gasteiger partial charge >= 0.3 is 0 Å². The van der Waals surface area contributed by atoms with Crippen LogP contribution in [-0.2, 0) is 0 Å². The predicted octanol–water partition coefficient (Wildman–Crippen LogP) is 2.17. The molecule has 2 rings (SSSR count). The van der Waals surface area contributed by atoms with Crippen LogP contribution in [0.4, 0.5) is 0 Å². The molecule has 0 saturated carbocycles. The van der Waals surface area contributed by atoms with E-state index in [1.54, 1.807) is 23.1 Å². The molecule has 0 aromatic carbocycles. The normalized spacial score (nSPS) is 13.0. The lowest BCUT2D eigenvalue weighted by Crippen LogP contribution is -2.04. The Hall–Kier alpha value is -1.13. The molecule has 0 fully saturated rings. The first-order valence-electron chi connectivity index (χ1n) is 4.37. The topological polar surface area (TPSA) is 46.3 Å². The Labute approximate surface area is 86.0 Å². The summed E-state index contributed by atoms with van der Waals surface area (Å²) in [6.07, 6.45) is 1.62. The molecule has 1 N–H and O–H groups in total. The molecule has 0 saturated heterocycles. The number of nitrogens with zero attached hydrogens (tertiary/aromatic N) is 1. The van der Waals surface area contributed by atoms with E-state index in [4.69, 9.17) is 4.42 Å². The van der Waals surface area contributed by atoms with Crippen LogP contribution in [0.25, 0.3) is 0 Å². The van der Waals surface area contributed by atoms with Gasteiger partial charge in [0.15, 0.2) is 0 Å². The van der Waals surface area contributed by atoms with Gasteiger partial charge in [0.25, 0.3) is 0 Å². The van der Waals surface area contributed by atoms with Crippen LogP contribution in [0, 0.1) is 6.92 Å². The van der Waals surface area contributed by atoms with E-state index >= 15 is 0 Å². The maximum atomic E-state index is 9.31. The first-order chi connectivity index (χ1) is 6.83. The Balaban J connectivity index is 2.36. The summed E-state index contributed by atoms with van der Waals surface area (Å²) in [5.74, 6) is 0.720. The van der Waals surface area contributed by atoms with Crippen LogP contribution in [-0.4, -0.2) is 16.7 Å². The highest BCUT2D eigenvalue weighted by Crippen LogP contribution is 2.29. The average Bonchev–Trinajstić information content (AvgIpc) is 2.80. The van der Waals surface area contributed by atoms with E-state index in [0.717, 1.165) is 16.3 Å². The van der Waals surface area contributed by atoms with Gasteiger partial charge < -0.3 is 9.52 Å². The second-order valence-corrected chi connectivity index (χ2v) is 3.94. The first kappa shape index (κ1) is 9.43. The molecule has 0 amide bonds. The van der Waals surface area contributed by atoms with E-state index in [1.807, 2.05) is 19.1 Å². The predicted molar refractivity (Wildman–Crippen MR) is 54.5 cm³/mol. The van der Waals surface area contributed by atoms with Gasteiger partial charge in [-0.1, -0.05) is 0 Å². The highest BCUT2D eigenvalue weighted by molar-refractivity contribution is 7.09. The summed E-state index contributed by atoms with van der Waals surface area (Å²) in [4.78, 5) is 5.23. The molecule has 14 heavy (non-hydrogen) atoms. The van der Waals surface area contributed by atoms with Crippen molar-refractivity contribution in [1.82, 2.24) is 4.98 Å². The van der Waals surface area contributed by atoms with Crippen LogP contribution in [0.15, 0.2) is 28.3 Å². The molecule has 0 spiro atoms. The molecule has 3 nitrogen and oxygen atoms in total. The molecule has 0 radical (unpaired) electrons. The summed E-state index contributed by atoms with van der Waals surface area (Å²) < 4.78 is 5.28. The zero-order chi connectivity index (χ0) is 9.97. The number of thiazole rings is 1. The summed E-state index contributed by atoms with van der Waals surface area (Å²) in [6, 6.07) is 3.70. The number of hydrogen-bond donors (Lipinski definition) is 1. The zero-order valence-corrected chi connectivity index (χ0v) is 8.62. The highest BCUT2D eigenvalue weighted by atomic mass is 32.1. The van der Waals surface area contributed by atoms with Crippen molar-refractivity contribution in [2.24, 2.45) is 0 Å². The number of aryl methyl sites for hydroxylation is 1. The van der Waals surface area contributed by atoms with Crippen molar-refractivity contribution < 1.29 is 9.52 Å². The largest absolute Gasteiger partial charge is 0.469 e. The number of hydrogen-bond acceptors (Lipinski definition) is 4. The van der Waals surface area contributed by atoms with Crippen molar-refractivity contribution in [1.29, 1.82) is 0 Å². The monoisotopic (exact) mass is 209 g/mol. The van der Waals surface area contributed by atoms with Crippen molar-refractivity contribution in [3.8, 4) is 0 Å². The Kier molecular flexibility index (Phi) is 2.65. The van der Waals surface area contributed by atoms with E-state index < -0.39 is 0 Å². The van der Waals surface area contributed by atoms with Gasteiger partial charge in [-0.2, -0.15) is 0 Å². The molecule has 2 aromatic rings. The molecule has 4 heteroatoms. The number of aromatic nitrogens is 1. The number of aliphatic hydroxyl groups excluding tert-OH is 1. The summed E-state index contributed by atoms with van der Waals surface area (Å²) in [6.45, 7) is 1.99. The Morgan fingerprint density at radius 1 is 1.64 bits per heavy atom. The zero-order valence-electron chi connectivity index (χ0n) is 7.80. The lowest BCUT2D eigenvalue weighted by atomic mass is 10.0. The molecule has 0 aliphatic carbocycles. The fraction of sp³-hybridized carbons (Fsp3) is 0.300. The SMILES string of the molecule is Cc1ncsc1C(CO)c1ccco1. The summed E-state index contributed by atoms with van der Waals surface area (Å²) in [7, 11) is 0.